The van der Waals surface area contributed by atoms with E-state index in [0.29, 0.717) is 17.7 Å². The molecule has 0 saturated heterocycles. The van der Waals surface area contributed by atoms with Crippen molar-refractivity contribution in [2.45, 2.75) is 38.0 Å². The second-order valence-electron chi connectivity index (χ2n) is 5.15. The molecule has 0 unspecified atom stereocenters. The van der Waals surface area contributed by atoms with Crippen LogP contribution in [0.3, 0.4) is 0 Å². The van der Waals surface area contributed by atoms with Crippen LogP contribution in [-0.2, 0) is 15.8 Å². The molecule has 1 aromatic rings. The quantitative estimate of drug-likeness (QED) is 0.688. The molecule has 0 saturated carbocycles. The highest BCUT2D eigenvalue weighted by Gasteiger charge is 2.26. The van der Waals surface area contributed by atoms with Crippen LogP contribution in [0.15, 0.2) is 24.3 Å². The summed E-state index contributed by atoms with van der Waals surface area (Å²) in [6.45, 7) is 4.33. The van der Waals surface area contributed by atoms with Crippen LogP contribution in [0.5, 0.6) is 0 Å². The molecule has 0 atom stereocenters. The number of rotatable bonds is 7. The Morgan fingerprint density at radius 3 is 2.10 bits per heavy atom. The van der Waals surface area contributed by atoms with Crippen LogP contribution in [0.25, 0.3) is 0 Å². The molecule has 1 rings (SSSR count). The van der Waals surface area contributed by atoms with Crippen LogP contribution >= 0.6 is 0 Å². The molecule has 0 radical (unpaired) electrons. The summed E-state index contributed by atoms with van der Waals surface area (Å²) in [5.74, 6) is -0.461. The summed E-state index contributed by atoms with van der Waals surface area (Å²) in [6, 6.07) is 6.34. The second kappa shape index (κ2) is 7.02. The molecule has 5 N–H and O–H groups in total. The Morgan fingerprint density at radius 1 is 1.19 bits per heavy atom. The minimum Gasteiger partial charge on any atom is -0.345 e. The maximum atomic E-state index is 12.2. The fourth-order valence-corrected chi connectivity index (χ4v) is 2.72. The van der Waals surface area contributed by atoms with Gasteiger partial charge in [-0.25, -0.2) is 13.6 Å². The molecular formula is C14H23N3O3S. The SMILES string of the molecule is CCC(CC)(CN)NC(=O)c1ccc(CS(N)(=O)=O)cc1. The van der Waals surface area contributed by atoms with Gasteiger partial charge in [-0.3, -0.25) is 4.79 Å². The van der Waals surface area contributed by atoms with E-state index < -0.39 is 15.6 Å². The third kappa shape index (κ3) is 5.11. The van der Waals surface area contributed by atoms with E-state index in [4.69, 9.17) is 10.9 Å². The molecule has 0 fully saturated rings. The summed E-state index contributed by atoms with van der Waals surface area (Å²) in [4.78, 5) is 12.2. The zero-order valence-electron chi connectivity index (χ0n) is 12.4. The molecule has 0 aliphatic carbocycles. The van der Waals surface area contributed by atoms with Gasteiger partial charge in [0.15, 0.2) is 0 Å². The van der Waals surface area contributed by atoms with Crippen molar-refractivity contribution in [1.29, 1.82) is 0 Å². The third-order valence-corrected chi connectivity index (χ3v) is 4.44. The minimum atomic E-state index is -3.57. The standard InChI is InChI=1S/C14H23N3O3S/c1-3-14(4-2,10-15)17-13(18)12-7-5-11(6-8-12)9-21(16,19)20/h5-8H,3-4,9-10,15H2,1-2H3,(H,17,18)(H2,16,19,20). The average molecular weight is 313 g/mol. The van der Waals surface area contributed by atoms with Gasteiger partial charge in [0.2, 0.25) is 10.0 Å². The lowest BCUT2D eigenvalue weighted by atomic mass is 9.92. The van der Waals surface area contributed by atoms with Crippen LogP contribution in [0, 0.1) is 0 Å². The number of amides is 1. The van der Waals surface area contributed by atoms with E-state index in [1.54, 1.807) is 24.3 Å². The number of hydrogen-bond acceptors (Lipinski definition) is 4. The van der Waals surface area contributed by atoms with Crippen LogP contribution in [0.1, 0.15) is 42.6 Å². The fraction of sp³-hybridized carbons (Fsp3) is 0.500. The smallest absolute Gasteiger partial charge is 0.251 e. The van der Waals surface area contributed by atoms with Gasteiger partial charge in [0.1, 0.15) is 0 Å². The summed E-state index contributed by atoms with van der Waals surface area (Å²) in [5.41, 5.74) is 6.36. The van der Waals surface area contributed by atoms with Gasteiger partial charge in [0.25, 0.3) is 5.91 Å². The van der Waals surface area contributed by atoms with Gasteiger partial charge in [0, 0.05) is 12.1 Å². The van der Waals surface area contributed by atoms with Crippen molar-refractivity contribution in [2.24, 2.45) is 10.9 Å². The predicted molar refractivity (Wildman–Crippen MR) is 83.1 cm³/mol. The Bertz CT molecular complexity index is 570. The molecule has 1 aromatic carbocycles. The molecule has 7 heteroatoms. The van der Waals surface area contributed by atoms with Gasteiger partial charge >= 0.3 is 0 Å². The molecule has 0 aromatic heterocycles. The van der Waals surface area contributed by atoms with Crippen molar-refractivity contribution in [3.8, 4) is 0 Å². The molecule has 0 heterocycles. The number of nitrogens with two attached hydrogens (primary N) is 2. The summed E-state index contributed by atoms with van der Waals surface area (Å²) in [7, 11) is -3.57. The van der Waals surface area contributed by atoms with Gasteiger partial charge in [-0.1, -0.05) is 26.0 Å². The lowest BCUT2D eigenvalue weighted by molar-refractivity contribution is 0.0895. The number of carbonyl (C=O) groups is 1. The molecule has 118 valence electrons. The Balaban J connectivity index is 2.84. The van der Waals surface area contributed by atoms with Gasteiger partial charge in [-0.05, 0) is 30.5 Å². The van der Waals surface area contributed by atoms with Gasteiger partial charge in [0.05, 0.1) is 11.3 Å². The Hall–Kier alpha value is -1.44. The Kier molecular flexibility index (Phi) is 5.88. The van der Waals surface area contributed by atoms with E-state index in [0.717, 1.165) is 12.8 Å². The van der Waals surface area contributed by atoms with Crippen molar-refractivity contribution < 1.29 is 13.2 Å². The van der Waals surface area contributed by atoms with Crippen molar-refractivity contribution in [1.82, 2.24) is 5.32 Å². The second-order valence-corrected chi connectivity index (χ2v) is 6.76. The zero-order chi connectivity index (χ0) is 16.1. The summed E-state index contributed by atoms with van der Waals surface area (Å²) in [5, 5.41) is 7.94. The first-order chi connectivity index (χ1) is 9.75. The van der Waals surface area contributed by atoms with Crippen molar-refractivity contribution in [3.63, 3.8) is 0 Å². The first kappa shape index (κ1) is 17.6. The van der Waals surface area contributed by atoms with Gasteiger partial charge < -0.3 is 11.1 Å². The summed E-state index contributed by atoms with van der Waals surface area (Å²) < 4.78 is 22.0. The molecule has 0 aliphatic rings. The minimum absolute atomic E-state index is 0.216. The largest absolute Gasteiger partial charge is 0.345 e. The lowest BCUT2D eigenvalue weighted by Gasteiger charge is -2.31. The van der Waals surface area contributed by atoms with Gasteiger partial charge in [-0.2, -0.15) is 0 Å². The van der Waals surface area contributed by atoms with Crippen LogP contribution in [0.2, 0.25) is 0 Å². The summed E-state index contributed by atoms with van der Waals surface area (Å²) >= 11 is 0. The maximum absolute atomic E-state index is 12.2. The molecule has 6 nitrogen and oxygen atoms in total. The third-order valence-electron chi connectivity index (χ3n) is 3.71. The fourth-order valence-electron chi connectivity index (χ4n) is 2.06. The maximum Gasteiger partial charge on any atom is 0.251 e. The van der Waals surface area contributed by atoms with E-state index >= 15 is 0 Å². The number of nitrogens with one attached hydrogen (secondary N) is 1. The van der Waals surface area contributed by atoms with Crippen LogP contribution < -0.4 is 16.2 Å². The Morgan fingerprint density at radius 2 is 1.71 bits per heavy atom. The van der Waals surface area contributed by atoms with Crippen LogP contribution in [0.4, 0.5) is 0 Å². The zero-order valence-corrected chi connectivity index (χ0v) is 13.2. The number of carbonyl (C=O) groups excluding carboxylic acids is 1. The van der Waals surface area contributed by atoms with E-state index in [-0.39, 0.29) is 11.7 Å². The number of hydrogen-bond donors (Lipinski definition) is 3. The highest BCUT2D eigenvalue weighted by atomic mass is 32.2. The highest BCUT2D eigenvalue weighted by Crippen LogP contribution is 2.15. The van der Waals surface area contributed by atoms with E-state index in [1.807, 2.05) is 13.8 Å². The topological polar surface area (TPSA) is 115 Å². The first-order valence-corrected chi connectivity index (χ1v) is 8.59. The molecule has 0 bridgehead atoms. The van der Waals surface area contributed by atoms with Crippen molar-refractivity contribution in [3.05, 3.63) is 35.4 Å². The van der Waals surface area contributed by atoms with Crippen molar-refractivity contribution >= 4 is 15.9 Å². The number of sulfonamides is 1. The molecular weight excluding hydrogens is 290 g/mol. The highest BCUT2D eigenvalue weighted by molar-refractivity contribution is 7.88. The van der Waals surface area contributed by atoms with Crippen LogP contribution in [-0.4, -0.2) is 26.4 Å². The molecule has 0 aliphatic heterocycles. The normalized spacial score (nSPS) is 12.2. The molecule has 0 spiro atoms. The Labute approximate surface area is 126 Å². The molecule has 1 amide bonds. The van der Waals surface area contributed by atoms with Gasteiger partial charge in [-0.15, -0.1) is 0 Å². The predicted octanol–water partition coefficient (Wildman–Crippen LogP) is 0.722. The lowest BCUT2D eigenvalue weighted by Crippen LogP contribution is -2.52. The van der Waals surface area contributed by atoms with Crippen molar-refractivity contribution in [2.75, 3.05) is 6.54 Å². The average Bonchev–Trinajstić information content (AvgIpc) is 2.44. The molecule has 21 heavy (non-hydrogen) atoms. The van der Waals surface area contributed by atoms with E-state index in [1.165, 1.54) is 0 Å². The van der Waals surface area contributed by atoms with E-state index in [9.17, 15) is 13.2 Å². The first-order valence-electron chi connectivity index (χ1n) is 6.87. The van der Waals surface area contributed by atoms with E-state index in [2.05, 4.69) is 5.32 Å². The number of benzene rings is 1. The number of primary sulfonamides is 1. The monoisotopic (exact) mass is 313 g/mol. The summed E-state index contributed by atoms with van der Waals surface area (Å²) in [6.07, 6.45) is 1.49.